The van der Waals surface area contributed by atoms with Crippen molar-refractivity contribution in [3.05, 3.63) is 11.9 Å². The van der Waals surface area contributed by atoms with E-state index in [0.717, 1.165) is 45.6 Å². The summed E-state index contributed by atoms with van der Waals surface area (Å²) in [6, 6.07) is 0. The Morgan fingerprint density at radius 2 is 2.12 bits per heavy atom. The summed E-state index contributed by atoms with van der Waals surface area (Å²) in [5.74, 6) is 1.08. The second kappa shape index (κ2) is 9.12. The first-order valence-corrected chi connectivity index (χ1v) is 9.78. The maximum Gasteiger partial charge on any atom is 0.273 e. The minimum atomic E-state index is -0.266. The normalized spacial score (nSPS) is 21.6. The number of carbonyl (C=O) groups is 2. The van der Waals surface area contributed by atoms with Crippen molar-refractivity contribution in [1.29, 1.82) is 0 Å². The average Bonchev–Trinajstić information content (AvgIpc) is 3.11. The lowest BCUT2D eigenvalue weighted by molar-refractivity contribution is -0.132. The minimum absolute atomic E-state index is 0.116. The Kier molecular flexibility index (Phi) is 6.60. The van der Waals surface area contributed by atoms with Crippen LogP contribution in [0.1, 0.15) is 49.5 Å². The number of amides is 2. The smallest absolute Gasteiger partial charge is 0.273 e. The van der Waals surface area contributed by atoms with Gasteiger partial charge in [0.25, 0.3) is 5.91 Å². The van der Waals surface area contributed by atoms with Crippen LogP contribution in [-0.2, 0) is 11.3 Å². The van der Waals surface area contributed by atoms with Gasteiger partial charge in [0.2, 0.25) is 5.91 Å². The number of likely N-dealkylation sites (tertiary alicyclic amines) is 1. The second-order valence-electron chi connectivity index (χ2n) is 7.61. The van der Waals surface area contributed by atoms with Gasteiger partial charge in [0.15, 0.2) is 5.69 Å². The zero-order valence-electron chi connectivity index (χ0n) is 15.6. The summed E-state index contributed by atoms with van der Waals surface area (Å²) in [5.41, 5.74) is 0.313. The molecule has 1 aromatic rings. The molecular weight excluding hydrogens is 332 g/mol. The van der Waals surface area contributed by atoms with E-state index in [0.29, 0.717) is 30.5 Å². The fraction of sp³-hybridized carbons (Fsp3) is 0.778. The highest BCUT2D eigenvalue weighted by Gasteiger charge is 2.20. The Morgan fingerprint density at radius 3 is 2.85 bits per heavy atom. The molecule has 0 unspecified atom stereocenters. The van der Waals surface area contributed by atoms with Crippen LogP contribution in [0.25, 0.3) is 0 Å². The van der Waals surface area contributed by atoms with Crippen LogP contribution in [0.4, 0.5) is 0 Å². The molecular formula is C18H30N6O2. The molecule has 2 aliphatic heterocycles. The first kappa shape index (κ1) is 18.8. The van der Waals surface area contributed by atoms with E-state index < -0.39 is 0 Å². The topological polar surface area (TPSA) is 92.2 Å². The van der Waals surface area contributed by atoms with Gasteiger partial charge in [-0.25, -0.2) is 0 Å². The van der Waals surface area contributed by atoms with Crippen LogP contribution >= 0.6 is 0 Å². The summed E-state index contributed by atoms with van der Waals surface area (Å²) in [4.78, 5) is 26.3. The summed E-state index contributed by atoms with van der Waals surface area (Å²) in [6.45, 7) is 7.06. The van der Waals surface area contributed by atoms with Crippen LogP contribution in [0, 0.1) is 11.8 Å². The third-order valence-electron chi connectivity index (χ3n) is 5.38. The number of aromatic nitrogens is 3. The fourth-order valence-electron chi connectivity index (χ4n) is 3.63. The Morgan fingerprint density at radius 1 is 1.31 bits per heavy atom. The van der Waals surface area contributed by atoms with Crippen LogP contribution in [-0.4, -0.2) is 64.4 Å². The second-order valence-corrected chi connectivity index (χ2v) is 7.61. The van der Waals surface area contributed by atoms with Gasteiger partial charge in [-0.2, -0.15) is 0 Å². The molecule has 2 saturated heterocycles. The van der Waals surface area contributed by atoms with Crippen LogP contribution in [0.15, 0.2) is 6.20 Å². The zero-order valence-corrected chi connectivity index (χ0v) is 15.6. The van der Waals surface area contributed by atoms with Gasteiger partial charge in [-0.3, -0.25) is 14.3 Å². The number of hydrogen-bond donors (Lipinski definition) is 2. The van der Waals surface area contributed by atoms with E-state index in [1.54, 1.807) is 10.9 Å². The molecule has 0 bridgehead atoms. The number of rotatable bonds is 6. The Balaban J connectivity index is 1.38. The molecule has 8 nitrogen and oxygen atoms in total. The Bertz CT molecular complexity index is 603. The van der Waals surface area contributed by atoms with Crippen molar-refractivity contribution in [3.63, 3.8) is 0 Å². The molecule has 8 heteroatoms. The molecule has 0 aromatic carbocycles. The number of piperidine rings is 2. The van der Waals surface area contributed by atoms with E-state index >= 15 is 0 Å². The van der Waals surface area contributed by atoms with Gasteiger partial charge in [-0.1, -0.05) is 12.1 Å². The summed E-state index contributed by atoms with van der Waals surface area (Å²) < 4.78 is 1.74. The molecule has 0 radical (unpaired) electrons. The standard InChI is InChI=1S/C18H30N6O2/c1-14-5-9-23(10-6-14)17(25)4-8-20-18(26)16-13-24(22-21-16)12-15-3-2-7-19-11-15/h13-15,19H,2-12H2,1H3,(H,20,26)/t15-/m0/s1. The molecule has 144 valence electrons. The highest BCUT2D eigenvalue weighted by molar-refractivity contribution is 5.92. The maximum absolute atomic E-state index is 12.2. The average molecular weight is 362 g/mol. The molecule has 2 N–H and O–H groups in total. The van der Waals surface area contributed by atoms with Gasteiger partial charge in [-0.05, 0) is 50.6 Å². The number of carbonyl (C=O) groups excluding carboxylic acids is 2. The van der Waals surface area contributed by atoms with Crippen molar-refractivity contribution < 1.29 is 9.59 Å². The van der Waals surface area contributed by atoms with Crippen molar-refractivity contribution in [2.45, 2.75) is 45.6 Å². The molecule has 1 atom stereocenters. The van der Waals surface area contributed by atoms with E-state index in [-0.39, 0.29) is 11.8 Å². The first-order chi connectivity index (χ1) is 12.6. The third kappa shape index (κ3) is 5.27. The summed E-state index contributed by atoms with van der Waals surface area (Å²) >= 11 is 0. The molecule has 0 saturated carbocycles. The largest absolute Gasteiger partial charge is 0.350 e. The van der Waals surface area contributed by atoms with E-state index in [1.807, 2.05) is 4.90 Å². The molecule has 26 heavy (non-hydrogen) atoms. The quantitative estimate of drug-likeness (QED) is 0.775. The van der Waals surface area contributed by atoms with Crippen molar-refractivity contribution in [1.82, 2.24) is 30.5 Å². The molecule has 3 heterocycles. The molecule has 0 spiro atoms. The molecule has 3 rings (SSSR count). The van der Waals surface area contributed by atoms with Gasteiger partial charge >= 0.3 is 0 Å². The van der Waals surface area contributed by atoms with Gasteiger partial charge in [-0.15, -0.1) is 5.10 Å². The molecule has 2 aliphatic rings. The molecule has 2 amide bonds. The molecule has 2 fully saturated rings. The SMILES string of the molecule is CC1CCN(C(=O)CCNC(=O)c2cn(C[C@H]3CCCNC3)nn2)CC1. The van der Waals surface area contributed by atoms with Crippen molar-refractivity contribution in [2.75, 3.05) is 32.7 Å². The van der Waals surface area contributed by atoms with Gasteiger partial charge in [0.1, 0.15) is 0 Å². The summed E-state index contributed by atoms with van der Waals surface area (Å²) in [7, 11) is 0. The fourth-order valence-corrected chi connectivity index (χ4v) is 3.63. The minimum Gasteiger partial charge on any atom is -0.350 e. The monoisotopic (exact) mass is 362 g/mol. The number of hydrogen-bond acceptors (Lipinski definition) is 5. The molecule has 0 aliphatic carbocycles. The van der Waals surface area contributed by atoms with Crippen LogP contribution < -0.4 is 10.6 Å². The third-order valence-corrected chi connectivity index (χ3v) is 5.38. The van der Waals surface area contributed by atoms with Gasteiger partial charge < -0.3 is 15.5 Å². The van der Waals surface area contributed by atoms with Crippen molar-refractivity contribution >= 4 is 11.8 Å². The summed E-state index contributed by atoms with van der Waals surface area (Å²) in [5, 5.41) is 14.2. The highest BCUT2D eigenvalue weighted by Crippen LogP contribution is 2.16. The number of nitrogens with one attached hydrogen (secondary N) is 2. The van der Waals surface area contributed by atoms with E-state index in [4.69, 9.17) is 0 Å². The predicted molar refractivity (Wildman–Crippen MR) is 97.5 cm³/mol. The maximum atomic E-state index is 12.2. The van der Waals surface area contributed by atoms with Gasteiger partial charge in [0.05, 0.1) is 6.20 Å². The highest BCUT2D eigenvalue weighted by atomic mass is 16.2. The zero-order chi connectivity index (χ0) is 18.4. The van der Waals surface area contributed by atoms with E-state index in [1.165, 1.54) is 12.8 Å². The Hall–Kier alpha value is -1.96. The molecule has 1 aromatic heterocycles. The lowest BCUT2D eigenvalue weighted by Gasteiger charge is -2.30. The lowest BCUT2D eigenvalue weighted by Crippen LogP contribution is -2.39. The Labute approximate surface area is 154 Å². The van der Waals surface area contributed by atoms with Gasteiger partial charge in [0, 0.05) is 32.6 Å². The van der Waals surface area contributed by atoms with Crippen molar-refractivity contribution in [2.24, 2.45) is 11.8 Å². The summed E-state index contributed by atoms with van der Waals surface area (Å²) in [6.07, 6.45) is 6.51. The lowest BCUT2D eigenvalue weighted by atomic mass is 9.99. The first-order valence-electron chi connectivity index (χ1n) is 9.78. The van der Waals surface area contributed by atoms with Crippen LogP contribution in [0.3, 0.4) is 0 Å². The van der Waals surface area contributed by atoms with E-state index in [9.17, 15) is 9.59 Å². The predicted octanol–water partition coefficient (Wildman–Crippen LogP) is 0.656. The van der Waals surface area contributed by atoms with E-state index in [2.05, 4.69) is 27.9 Å². The number of nitrogens with zero attached hydrogens (tertiary/aromatic N) is 4. The van der Waals surface area contributed by atoms with Crippen LogP contribution in [0.2, 0.25) is 0 Å². The van der Waals surface area contributed by atoms with Crippen LogP contribution in [0.5, 0.6) is 0 Å². The van der Waals surface area contributed by atoms with Crippen molar-refractivity contribution in [3.8, 4) is 0 Å².